The van der Waals surface area contributed by atoms with Crippen molar-refractivity contribution in [2.45, 2.75) is 30.8 Å². The van der Waals surface area contributed by atoms with Crippen molar-refractivity contribution in [2.24, 2.45) is 4.99 Å². The van der Waals surface area contributed by atoms with E-state index in [1.807, 2.05) is 19.1 Å². The van der Waals surface area contributed by atoms with Gasteiger partial charge in [0.15, 0.2) is 15.8 Å². The van der Waals surface area contributed by atoms with Gasteiger partial charge in [0.1, 0.15) is 0 Å². The number of aliphatic imine (C=N–C) groups is 1. The highest BCUT2D eigenvalue weighted by molar-refractivity contribution is 7.91. The van der Waals surface area contributed by atoms with Crippen LogP contribution in [0.4, 0.5) is 0 Å². The molecule has 2 aromatic carbocycles. The van der Waals surface area contributed by atoms with Crippen molar-refractivity contribution in [3.05, 3.63) is 66.2 Å². The fourth-order valence-electron chi connectivity index (χ4n) is 3.69. The van der Waals surface area contributed by atoms with Gasteiger partial charge in [-0.3, -0.25) is 9.89 Å². The first-order valence-electron chi connectivity index (χ1n) is 10.5. The van der Waals surface area contributed by atoms with Crippen LogP contribution in [0, 0.1) is 0 Å². The summed E-state index contributed by atoms with van der Waals surface area (Å²) in [7, 11) is -1.58. The molecule has 0 bridgehead atoms. The first kappa shape index (κ1) is 22.3. The van der Waals surface area contributed by atoms with Crippen LogP contribution in [-0.4, -0.2) is 69.2 Å². The summed E-state index contributed by atoms with van der Waals surface area (Å²) in [4.78, 5) is 9.46. The fourth-order valence-corrected chi connectivity index (χ4v) is 5.30. The lowest BCUT2D eigenvalue weighted by Crippen LogP contribution is -2.54. The van der Waals surface area contributed by atoms with Gasteiger partial charge in [-0.25, -0.2) is 8.42 Å². The van der Waals surface area contributed by atoms with Gasteiger partial charge in [-0.2, -0.15) is 0 Å². The maximum absolute atomic E-state index is 12.8. The Hall–Kier alpha value is -2.38. The van der Waals surface area contributed by atoms with Crippen LogP contribution in [0.25, 0.3) is 0 Å². The maximum atomic E-state index is 12.8. The van der Waals surface area contributed by atoms with Crippen LogP contribution in [0.15, 0.2) is 70.6 Å². The number of nitrogens with one attached hydrogen (secondary N) is 1. The zero-order valence-corrected chi connectivity index (χ0v) is 18.7. The highest BCUT2D eigenvalue weighted by Gasteiger charge is 2.24. The summed E-state index contributed by atoms with van der Waals surface area (Å²) in [6.45, 7) is 6.60. The second-order valence-corrected chi connectivity index (χ2v) is 9.67. The topological polar surface area (TPSA) is 65.0 Å². The van der Waals surface area contributed by atoms with Crippen molar-refractivity contribution < 1.29 is 8.42 Å². The zero-order valence-electron chi connectivity index (χ0n) is 17.9. The lowest BCUT2D eigenvalue weighted by molar-refractivity contribution is 0.172. The van der Waals surface area contributed by atoms with Crippen molar-refractivity contribution in [3.63, 3.8) is 0 Å². The molecule has 30 heavy (non-hydrogen) atoms. The predicted molar refractivity (Wildman–Crippen MR) is 122 cm³/mol. The van der Waals surface area contributed by atoms with E-state index >= 15 is 0 Å². The number of piperazine rings is 1. The second kappa shape index (κ2) is 10.6. The lowest BCUT2D eigenvalue weighted by atomic mass is 10.2. The van der Waals surface area contributed by atoms with Crippen LogP contribution in [0.3, 0.4) is 0 Å². The van der Waals surface area contributed by atoms with Gasteiger partial charge in [0, 0.05) is 45.8 Å². The molecular formula is C23H32N4O2S. The third-order valence-corrected chi connectivity index (χ3v) is 7.31. The lowest BCUT2D eigenvalue weighted by Gasteiger charge is -2.37. The standard InChI is InChI=1S/C23H32N4O2S/c1-3-21(19-30(28,29)22-12-8-5-9-13-22)25-23(24-2)27-16-14-26(15-17-27)18-20-10-6-4-7-11-20/h4-13,21H,3,14-19H2,1-2H3,(H,24,25). The van der Waals surface area contributed by atoms with Crippen molar-refractivity contribution in [3.8, 4) is 0 Å². The van der Waals surface area contributed by atoms with Crippen molar-refractivity contribution in [2.75, 3.05) is 39.0 Å². The Balaban J connectivity index is 1.55. The average molecular weight is 429 g/mol. The van der Waals surface area contributed by atoms with E-state index < -0.39 is 9.84 Å². The van der Waals surface area contributed by atoms with Crippen LogP contribution in [0.2, 0.25) is 0 Å². The smallest absolute Gasteiger partial charge is 0.193 e. The molecule has 0 saturated carbocycles. The third-order valence-electron chi connectivity index (χ3n) is 5.48. The number of hydrogen-bond acceptors (Lipinski definition) is 4. The van der Waals surface area contributed by atoms with E-state index in [0.29, 0.717) is 11.3 Å². The van der Waals surface area contributed by atoms with Crippen LogP contribution < -0.4 is 5.32 Å². The molecule has 0 amide bonds. The summed E-state index contributed by atoms with van der Waals surface area (Å²) in [5.74, 6) is 0.838. The third kappa shape index (κ3) is 6.06. The Bertz CT molecular complexity index is 909. The molecule has 1 unspecified atom stereocenters. The van der Waals surface area contributed by atoms with E-state index in [2.05, 4.69) is 44.4 Å². The Morgan fingerprint density at radius 1 is 1.00 bits per heavy atom. The SMILES string of the molecule is CCC(CS(=O)(=O)c1ccccc1)NC(=NC)N1CCN(Cc2ccccc2)CC1. The molecule has 1 aliphatic rings. The minimum absolute atomic E-state index is 0.0561. The van der Waals surface area contributed by atoms with Crippen LogP contribution in [0.1, 0.15) is 18.9 Å². The van der Waals surface area contributed by atoms with E-state index in [9.17, 15) is 8.42 Å². The normalized spacial score (nSPS) is 17.0. The summed E-state index contributed by atoms with van der Waals surface area (Å²) in [5.41, 5.74) is 1.32. The van der Waals surface area contributed by atoms with E-state index in [1.165, 1.54) is 5.56 Å². The van der Waals surface area contributed by atoms with Crippen molar-refractivity contribution >= 4 is 15.8 Å². The zero-order chi connectivity index (χ0) is 21.4. The molecule has 3 rings (SSSR count). The summed E-state index contributed by atoms with van der Waals surface area (Å²) < 4.78 is 25.5. The summed E-state index contributed by atoms with van der Waals surface area (Å²) in [5, 5.41) is 3.39. The Morgan fingerprint density at radius 3 is 2.17 bits per heavy atom. The Morgan fingerprint density at radius 2 is 1.60 bits per heavy atom. The molecule has 1 aliphatic heterocycles. The highest BCUT2D eigenvalue weighted by atomic mass is 32.2. The molecule has 1 fully saturated rings. The van der Waals surface area contributed by atoms with Gasteiger partial charge < -0.3 is 10.2 Å². The monoisotopic (exact) mass is 428 g/mol. The van der Waals surface area contributed by atoms with Gasteiger partial charge in [0.05, 0.1) is 10.6 Å². The second-order valence-electron chi connectivity index (χ2n) is 7.64. The van der Waals surface area contributed by atoms with Gasteiger partial charge in [-0.15, -0.1) is 0 Å². The van der Waals surface area contributed by atoms with E-state index in [0.717, 1.165) is 38.7 Å². The van der Waals surface area contributed by atoms with Gasteiger partial charge in [-0.1, -0.05) is 55.5 Å². The van der Waals surface area contributed by atoms with Gasteiger partial charge in [0.25, 0.3) is 0 Å². The molecule has 6 nitrogen and oxygen atoms in total. The van der Waals surface area contributed by atoms with Crippen LogP contribution >= 0.6 is 0 Å². The van der Waals surface area contributed by atoms with Crippen LogP contribution in [0.5, 0.6) is 0 Å². The van der Waals surface area contributed by atoms with Crippen molar-refractivity contribution in [1.29, 1.82) is 0 Å². The molecule has 0 aliphatic carbocycles. The van der Waals surface area contributed by atoms with E-state index in [1.54, 1.807) is 31.3 Å². The molecule has 2 aromatic rings. The molecular weight excluding hydrogens is 396 g/mol. The molecule has 1 N–H and O–H groups in total. The number of sulfone groups is 1. The number of rotatable bonds is 7. The minimum atomic E-state index is -3.34. The van der Waals surface area contributed by atoms with Gasteiger partial charge in [0.2, 0.25) is 0 Å². The largest absolute Gasteiger partial charge is 0.352 e. The van der Waals surface area contributed by atoms with Gasteiger partial charge in [-0.05, 0) is 24.1 Å². The fraction of sp³-hybridized carbons (Fsp3) is 0.435. The minimum Gasteiger partial charge on any atom is -0.352 e. The number of guanidine groups is 1. The first-order valence-corrected chi connectivity index (χ1v) is 12.2. The first-order chi connectivity index (χ1) is 14.5. The van der Waals surface area contributed by atoms with E-state index in [-0.39, 0.29) is 11.8 Å². The number of benzene rings is 2. The van der Waals surface area contributed by atoms with Crippen LogP contribution in [-0.2, 0) is 16.4 Å². The Kier molecular flexibility index (Phi) is 7.87. The average Bonchev–Trinajstić information content (AvgIpc) is 2.78. The molecule has 1 atom stereocenters. The highest BCUT2D eigenvalue weighted by Crippen LogP contribution is 2.13. The molecule has 1 heterocycles. The predicted octanol–water partition coefficient (Wildman–Crippen LogP) is 2.63. The number of nitrogens with zero attached hydrogens (tertiary/aromatic N) is 3. The summed E-state index contributed by atoms with van der Waals surface area (Å²) in [6, 6.07) is 19.0. The van der Waals surface area contributed by atoms with E-state index in [4.69, 9.17) is 0 Å². The molecule has 0 radical (unpaired) electrons. The molecule has 162 valence electrons. The number of hydrogen-bond donors (Lipinski definition) is 1. The molecule has 7 heteroatoms. The Labute approximate surface area is 180 Å². The quantitative estimate of drug-likeness (QED) is 0.543. The maximum Gasteiger partial charge on any atom is 0.193 e. The van der Waals surface area contributed by atoms with Crippen molar-refractivity contribution in [1.82, 2.24) is 15.1 Å². The summed E-state index contributed by atoms with van der Waals surface area (Å²) >= 11 is 0. The summed E-state index contributed by atoms with van der Waals surface area (Å²) in [6.07, 6.45) is 0.707. The molecule has 1 saturated heterocycles. The molecule has 0 aromatic heterocycles. The van der Waals surface area contributed by atoms with Gasteiger partial charge >= 0.3 is 0 Å². The molecule has 0 spiro atoms.